The zero-order valence-electron chi connectivity index (χ0n) is 10.5. The van der Waals surface area contributed by atoms with Gasteiger partial charge in [0, 0.05) is 33.6 Å². The second-order valence-corrected chi connectivity index (χ2v) is 4.73. The van der Waals surface area contributed by atoms with Crippen molar-refractivity contribution in [3.8, 4) is 0 Å². The fourth-order valence-electron chi connectivity index (χ4n) is 0.965. The summed E-state index contributed by atoms with van der Waals surface area (Å²) in [6, 6.07) is 0. The maximum atomic E-state index is 11.2. The summed E-state index contributed by atoms with van der Waals surface area (Å²) >= 11 is 0. The predicted molar refractivity (Wildman–Crippen MR) is 61.6 cm³/mol. The van der Waals surface area contributed by atoms with E-state index in [9.17, 15) is 9.90 Å². The predicted octanol–water partition coefficient (Wildman–Crippen LogP) is 0.461. The minimum absolute atomic E-state index is 0.103. The number of hydrogen-bond donors (Lipinski definition) is 2. The molecule has 4 nitrogen and oxygen atoms in total. The van der Waals surface area contributed by atoms with E-state index >= 15 is 0 Å². The van der Waals surface area contributed by atoms with E-state index in [1.165, 1.54) is 0 Å². The Morgan fingerprint density at radius 3 is 2.40 bits per heavy atom. The van der Waals surface area contributed by atoms with E-state index in [2.05, 4.69) is 5.32 Å². The van der Waals surface area contributed by atoms with Crippen LogP contribution in [0.25, 0.3) is 0 Å². The highest BCUT2D eigenvalue weighted by molar-refractivity contribution is 5.75. The van der Waals surface area contributed by atoms with Gasteiger partial charge in [-0.2, -0.15) is 0 Å². The zero-order valence-corrected chi connectivity index (χ0v) is 10.5. The third kappa shape index (κ3) is 5.74. The Balaban J connectivity index is 3.68. The van der Waals surface area contributed by atoms with Crippen molar-refractivity contribution in [2.24, 2.45) is 5.92 Å². The molecule has 1 atom stereocenters. The molecule has 1 unspecified atom stereocenters. The van der Waals surface area contributed by atoms with Gasteiger partial charge in [0.2, 0.25) is 5.91 Å². The summed E-state index contributed by atoms with van der Waals surface area (Å²) in [7, 11) is 3.49. The second-order valence-electron chi connectivity index (χ2n) is 4.73. The Labute approximate surface area is 92.7 Å². The van der Waals surface area contributed by atoms with Gasteiger partial charge in [0.25, 0.3) is 0 Å². The van der Waals surface area contributed by atoms with Crippen LogP contribution < -0.4 is 5.32 Å². The number of nitrogens with zero attached hydrogens (tertiary/aromatic N) is 1. The summed E-state index contributed by atoms with van der Waals surface area (Å²) in [5.41, 5.74) is -0.707. The molecule has 0 spiro atoms. The summed E-state index contributed by atoms with van der Waals surface area (Å²) in [5.74, 6) is 0.307. The first-order valence-electron chi connectivity index (χ1n) is 5.40. The summed E-state index contributed by atoms with van der Waals surface area (Å²) in [4.78, 5) is 12.8. The molecule has 0 aromatic heterocycles. The summed E-state index contributed by atoms with van der Waals surface area (Å²) in [6.45, 7) is 6.89. The molecule has 0 fully saturated rings. The number of carbonyl (C=O) groups excluding carboxylic acids is 1. The SMILES string of the molecule is CC(C)C(C)(O)CNCCC(=O)N(C)C. The lowest BCUT2D eigenvalue weighted by Crippen LogP contribution is -2.43. The molecule has 0 aromatic carbocycles. The first-order valence-corrected chi connectivity index (χ1v) is 5.40. The average molecular weight is 216 g/mol. The molecule has 2 N–H and O–H groups in total. The fraction of sp³-hybridized carbons (Fsp3) is 0.909. The van der Waals surface area contributed by atoms with E-state index in [1.807, 2.05) is 13.8 Å². The zero-order chi connectivity index (χ0) is 12.1. The monoisotopic (exact) mass is 216 g/mol. The van der Waals surface area contributed by atoms with Gasteiger partial charge in [0.1, 0.15) is 0 Å². The standard InChI is InChI=1S/C11H24N2O2/c1-9(2)11(3,15)8-12-7-6-10(14)13(4)5/h9,12,15H,6-8H2,1-5H3. The van der Waals surface area contributed by atoms with Crippen molar-refractivity contribution >= 4 is 5.91 Å². The smallest absolute Gasteiger partial charge is 0.223 e. The van der Waals surface area contributed by atoms with Crippen LogP contribution in [0.5, 0.6) is 0 Å². The Morgan fingerprint density at radius 1 is 1.47 bits per heavy atom. The van der Waals surface area contributed by atoms with Crippen LogP contribution in [0.2, 0.25) is 0 Å². The molecule has 90 valence electrons. The van der Waals surface area contributed by atoms with Gasteiger partial charge in [-0.15, -0.1) is 0 Å². The molecule has 0 heterocycles. The fourth-order valence-corrected chi connectivity index (χ4v) is 0.965. The maximum Gasteiger partial charge on any atom is 0.223 e. The lowest BCUT2D eigenvalue weighted by molar-refractivity contribution is -0.128. The molecule has 0 saturated heterocycles. The van der Waals surface area contributed by atoms with E-state index in [4.69, 9.17) is 0 Å². The van der Waals surface area contributed by atoms with Gasteiger partial charge < -0.3 is 15.3 Å². The summed E-state index contributed by atoms with van der Waals surface area (Å²) in [6.07, 6.45) is 0.473. The van der Waals surface area contributed by atoms with Gasteiger partial charge in [-0.05, 0) is 12.8 Å². The molecule has 0 rings (SSSR count). The van der Waals surface area contributed by atoms with Gasteiger partial charge in [0.05, 0.1) is 5.60 Å². The first-order chi connectivity index (χ1) is 6.77. The third-order valence-corrected chi connectivity index (χ3v) is 2.74. The molecule has 0 radical (unpaired) electrons. The van der Waals surface area contributed by atoms with Crippen LogP contribution >= 0.6 is 0 Å². The lowest BCUT2D eigenvalue weighted by atomic mass is 9.92. The van der Waals surface area contributed by atoms with E-state index < -0.39 is 5.60 Å². The number of nitrogens with one attached hydrogen (secondary N) is 1. The number of hydrogen-bond acceptors (Lipinski definition) is 3. The van der Waals surface area contributed by atoms with Gasteiger partial charge in [-0.1, -0.05) is 13.8 Å². The summed E-state index contributed by atoms with van der Waals surface area (Å²) in [5, 5.41) is 13.0. The number of rotatable bonds is 6. The Morgan fingerprint density at radius 2 is 2.00 bits per heavy atom. The van der Waals surface area contributed by atoms with Crippen LogP contribution in [0, 0.1) is 5.92 Å². The van der Waals surface area contributed by atoms with Gasteiger partial charge in [-0.3, -0.25) is 4.79 Å². The van der Waals surface area contributed by atoms with Crippen LogP contribution in [-0.4, -0.2) is 48.7 Å². The molecule has 0 saturated carbocycles. The molecule has 1 amide bonds. The summed E-state index contributed by atoms with van der Waals surface area (Å²) < 4.78 is 0. The third-order valence-electron chi connectivity index (χ3n) is 2.74. The van der Waals surface area contributed by atoms with Crippen molar-refractivity contribution in [1.29, 1.82) is 0 Å². The van der Waals surface area contributed by atoms with Crippen molar-refractivity contribution in [3.63, 3.8) is 0 Å². The van der Waals surface area contributed by atoms with E-state index in [-0.39, 0.29) is 11.8 Å². The molecule has 0 bridgehead atoms. The normalized spacial score (nSPS) is 15.1. The minimum Gasteiger partial charge on any atom is -0.389 e. The molecule has 0 aromatic rings. The first kappa shape index (κ1) is 14.4. The molecular formula is C11H24N2O2. The van der Waals surface area contributed by atoms with Crippen LogP contribution in [0.3, 0.4) is 0 Å². The molecule has 4 heteroatoms. The number of amides is 1. The molecule has 0 aliphatic carbocycles. The Bertz CT molecular complexity index is 201. The van der Waals surface area contributed by atoms with Gasteiger partial charge in [0.15, 0.2) is 0 Å². The van der Waals surface area contributed by atoms with Crippen molar-refractivity contribution < 1.29 is 9.90 Å². The quantitative estimate of drug-likeness (QED) is 0.634. The topological polar surface area (TPSA) is 52.6 Å². The molecule has 0 aliphatic rings. The number of carbonyl (C=O) groups is 1. The van der Waals surface area contributed by atoms with Crippen LogP contribution in [0.4, 0.5) is 0 Å². The van der Waals surface area contributed by atoms with E-state index in [0.717, 1.165) is 0 Å². The lowest BCUT2D eigenvalue weighted by Gasteiger charge is -2.28. The van der Waals surface area contributed by atoms with Gasteiger partial charge >= 0.3 is 0 Å². The van der Waals surface area contributed by atoms with Gasteiger partial charge in [-0.25, -0.2) is 0 Å². The van der Waals surface area contributed by atoms with Crippen molar-refractivity contribution in [2.75, 3.05) is 27.2 Å². The Kier molecular flexibility index (Phi) is 5.83. The molecular weight excluding hydrogens is 192 g/mol. The Hall–Kier alpha value is -0.610. The molecule has 15 heavy (non-hydrogen) atoms. The minimum atomic E-state index is -0.707. The average Bonchev–Trinajstić information content (AvgIpc) is 2.11. The van der Waals surface area contributed by atoms with Crippen LogP contribution in [0.15, 0.2) is 0 Å². The van der Waals surface area contributed by atoms with Crippen molar-refractivity contribution in [3.05, 3.63) is 0 Å². The highest BCUT2D eigenvalue weighted by Gasteiger charge is 2.23. The highest BCUT2D eigenvalue weighted by Crippen LogP contribution is 2.14. The highest BCUT2D eigenvalue weighted by atomic mass is 16.3. The molecule has 0 aliphatic heterocycles. The maximum absolute atomic E-state index is 11.2. The second kappa shape index (κ2) is 6.08. The largest absolute Gasteiger partial charge is 0.389 e. The van der Waals surface area contributed by atoms with Crippen molar-refractivity contribution in [2.45, 2.75) is 32.8 Å². The van der Waals surface area contributed by atoms with Crippen LogP contribution in [-0.2, 0) is 4.79 Å². The number of aliphatic hydroxyl groups is 1. The van der Waals surface area contributed by atoms with Crippen LogP contribution in [0.1, 0.15) is 27.2 Å². The van der Waals surface area contributed by atoms with Crippen molar-refractivity contribution in [1.82, 2.24) is 10.2 Å². The van der Waals surface area contributed by atoms with E-state index in [0.29, 0.717) is 19.5 Å². The van der Waals surface area contributed by atoms with E-state index in [1.54, 1.807) is 25.9 Å².